The zero-order valence-corrected chi connectivity index (χ0v) is 10.4. The molecule has 0 radical (unpaired) electrons. The van der Waals surface area contributed by atoms with Crippen molar-refractivity contribution >= 4 is 11.7 Å². The van der Waals surface area contributed by atoms with Gasteiger partial charge in [-0.1, -0.05) is 0 Å². The van der Waals surface area contributed by atoms with E-state index in [1.165, 1.54) is 19.3 Å². The maximum atomic E-state index is 13.0. The van der Waals surface area contributed by atoms with Gasteiger partial charge in [0.05, 0.1) is 0 Å². The highest BCUT2D eigenvalue weighted by Crippen LogP contribution is 2.21. The van der Waals surface area contributed by atoms with E-state index in [0.29, 0.717) is 11.7 Å². The van der Waals surface area contributed by atoms with Crippen molar-refractivity contribution in [2.75, 3.05) is 24.5 Å². The molecule has 1 fully saturated rings. The van der Waals surface area contributed by atoms with E-state index in [1.54, 1.807) is 0 Å². The highest BCUT2D eigenvalue weighted by molar-refractivity contribution is 5.72. The molecule has 98 valence electrons. The van der Waals surface area contributed by atoms with Crippen LogP contribution in [0.3, 0.4) is 0 Å². The molecular weight excluding hydrogens is 235 g/mol. The Morgan fingerprint density at radius 1 is 1.50 bits per heavy atom. The van der Waals surface area contributed by atoms with Crippen LogP contribution in [0.2, 0.25) is 0 Å². The molecule has 0 unspecified atom stereocenters. The van der Waals surface area contributed by atoms with E-state index in [2.05, 4.69) is 20.2 Å². The fraction of sp³-hybridized carbons (Fsp3) is 0.583. The summed E-state index contributed by atoms with van der Waals surface area (Å²) in [5.74, 6) is 0.646. The molecule has 1 aromatic heterocycles. The SMILES string of the molecule is CC(=O)NCC1CCN(c2cc(F)ncn2)CC1. The first-order valence-electron chi connectivity index (χ1n) is 6.12. The summed E-state index contributed by atoms with van der Waals surface area (Å²) >= 11 is 0. The first kappa shape index (κ1) is 12.7. The lowest BCUT2D eigenvalue weighted by Crippen LogP contribution is -2.38. The smallest absolute Gasteiger partial charge is 0.218 e. The van der Waals surface area contributed by atoms with Gasteiger partial charge in [-0.05, 0) is 18.8 Å². The second-order valence-corrected chi connectivity index (χ2v) is 4.57. The lowest BCUT2D eigenvalue weighted by molar-refractivity contribution is -0.119. The Balaban J connectivity index is 1.85. The quantitative estimate of drug-likeness (QED) is 0.814. The number of hydrogen-bond acceptors (Lipinski definition) is 4. The van der Waals surface area contributed by atoms with Gasteiger partial charge in [-0.15, -0.1) is 0 Å². The predicted octanol–water partition coefficient (Wildman–Crippen LogP) is 0.968. The van der Waals surface area contributed by atoms with Gasteiger partial charge >= 0.3 is 0 Å². The second kappa shape index (κ2) is 5.75. The summed E-state index contributed by atoms with van der Waals surface area (Å²) in [7, 11) is 0. The minimum Gasteiger partial charge on any atom is -0.356 e. The van der Waals surface area contributed by atoms with Crippen LogP contribution in [0.15, 0.2) is 12.4 Å². The van der Waals surface area contributed by atoms with Crippen molar-refractivity contribution in [3.05, 3.63) is 18.3 Å². The molecule has 1 amide bonds. The van der Waals surface area contributed by atoms with Crippen molar-refractivity contribution in [3.63, 3.8) is 0 Å². The predicted molar refractivity (Wildman–Crippen MR) is 65.6 cm³/mol. The summed E-state index contributed by atoms with van der Waals surface area (Å²) < 4.78 is 13.0. The fourth-order valence-electron chi connectivity index (χ4n) is 2.15. The van der Waals surface area contributed by atoms with Crippen molar-refractivity contribution in [2.45, 2.75) is 19.8 Å². The molecule has 6 heteroatoms. The average molecular weight is 252 g/mol. The Morgan fingerprint density at radius 2 is 2.22 bits per heavy atom. The molecule has 0 spiro atoms. The van der Waals surface area contributed by atoms with Crippen LogP contribution in [0.25, 0.3) is 0 Å². The van der Waals surface area contributed by atoms with E-state index in [9.17, 15) is 9.18 Å². The van der Waals surface area contributed by atoms with E-state index >= 15 is 0 Å². The number of hydrogen-bond donors (Lipinski definition) is 1. The molecule has 1 aliphatic heterocycles. The normalized spacial score (nSPS) is 16.7. The number of nitrogens with zero attached hydrogens (tertiary/aromatic N) is 3. The standard InChI is InChI=1S/C12H17FN4O/c1-9(18)14-7-10-2-4-17(5-3-10)12-6-11(13)15-8-16-12/h6,8,10H,2-5,7H2,1H3,(H,14,18). The van der Waals surface area contributed by atoms with Gasteiger partial charge in [0.2, 0.25) is 11.9 Å². The number of piperidine rings is 1. The Labute approximate surface area is 105 Å². The average Bonchev–Trinajstić information content (AvgIpc) is 2.37. The van der Waals surface area contributed by atoms with E-state index in [1.807, 2.05) is 0 Å². The van der Waals surface area contributed by atoms with Gasteiger partial charge in [-0.2, -0.15) is 4.39 Å². The van der Waals surface area contributed by atoms with Crippen LogP contribution in [0, 0.1) is 11.9 Å². The number of carbonyl (C=O) groups excluding carboxylic acids is 1. The van der Waals surface area contributed by atoms with Crippen molar-refractivity contribution < 1.29 is 9.18 Å². The number of halogens is 1. The Kier molecular flexibility index (Phi) is 4.07. The van der Waals surface area contributed by atoms with E-state index in [4.69, 9.17) is 0 Å². The second-order valence-electron chi connectivity index (χ2n) is 4.57. The molecule has 0 aromatic carbocycles. The van der Waals surface area contributed by atoms with Crippen LogP contribution in [0.5, 0.6) is 0 Å². The molecule has 5 nitrogen and oxygen atoms in total. The van der Waals surface area contributed by atoms with Gasteiger partial charge in [0.25, 0.3) is 0 Å². The van der Waals surface area contributed by atoms with Crippen LogP contribution in [-0.2, 0) is 4.79 Å². The van der Waals surface area contributed by atoms with Crippen LogP contribution in [-0.4, -0.2) is 35.5 Å². The minimum absolute atomic E-state index is 0.00954. The van der Waals surface area contributed by atoms with Gasteiger partial charge in [0.1, 0.15) is 12.1 Å². The number of amides is 1. The number of aromatic nitrogens is 2. The third-order valence-electron chi connectivity index (χ3n) is 3.20. The van der Waals surface area contributed by atoms with Crippen LogP contribution < -0.4 is 10.2 Å². The molecule has 0 atom stereocenters. The Morgan fingerprint density at radius 3 is 2.83 bits per heavy atom. The summed E-state index contributed by atoms with van der Waals surface area (Å²) in [4.78, 5) is 20.4. The molecule has 2 heterocycles. The Hall–Kier alpha value is -1.72. The molecule has 1 saturated heterocycles. The Bertz CT molecular complexity index is 418. The van der Waals surface area contributed by atoms with Gasteiger partial charge in [0, 0.05) is 32.6 Å². The van der Waals surface area contributed by atoms with Gasteiger partial charge < -0.3 is 10.2 Å². The molecule has 2 rings (SSSR count). The van der Waals surface area contributed by atoms with Crippen molar-refractivity contribution in [1.82, 2.24) is 15.3 Å². The topological polar surface area (TPSA) is 58.1 Å². The maximum absolute atomic E-state index is 13.0. The lowest BCUT2D eigenvalue weighted by Gasteiger charge is -2.32. The van der Waals surface area contributed by atoms with Gasteiger partial charge in [-0.25, -0.2) is 9.97 Å². The lowest BCUT2D eigenvalue weighted by atomic mass is 9.97. The summed E-state index contributed by atoms with van der Waals surface area (Å²) in [6, 6.07) is 1.36. The first-order chi connectivity index (χ1) is 8.65. The molecule has 0 aliphatic carbocycles. The number of nitrogens with one attached hydrogen (secondary N) is 1. The summed E-state index contributed by atoms with van der Waals surface area (Å²) in [6.07, 6.45) is 3.20. The maximum Gasteiger partial charge on any atom is 0.218 e. The third-order valence-corrected chi connectivity index (χ3v) is 3.20. The molecule has 0 bridgehead atoms. The van der Waals surface area contributed by atoms with Gasteiger partial charge in [-0.3, -0.25) is 4.79 Å². The van der Waals surface area contributed by atoms with E-state index < -0.39 is 5.95 Å². The molecule has 1 N–H and O–H groups in total. The first-order valence-corrected chi connectivity index (χ1v) is 6.12. The molecule has 1 aromatic rings. The number of rotatable bonds is 3. The minimum atomic E-state index is -0.500. The van der Waals surface area contributed by atoms with Gasteiger partial charge in [0.15, 0.2) is 0 Å². The van der Waals surface area contributed by atoms with Crippen molar-refractivity contribution in [2.24, 2.45) is 5.92 Å². The molecular formula is C12H17FN4O. The van der Waals surface area contributed by atoms with Crippen molar-refractivity contribution in [3.8, 4) is 0 Å². The van der Waals surface area contributed by atoms with Crippen molar-refractivity contribution in [1.29, 1.82) is 0 Å². The summed E-state index contributed by atoms with van der Waals surface area (Å²) in [6.45, 7) is 3.92. The van der Waals surface area contributed by atoms with Crippen LogP contribution in [0.1, 0.15) is 19.8 Å². The highest BCUT2D eigenvalue weighted by atomic mass is 19.1. The number of carbonyl (C=O) groups is 1. The fourth-order valence-corrected chi connectivity index (χ4v) is 2.15. The summed E-state index contributed by atoms with van der Waals surface area (Å²) in [5, 5.41) is 2.84. The largest absolute Gasteiger partial charge is 0.356 e. The highest BCUT2D eigenvalue weighted by Gasteiger charge is 2.20. The monoisotopic (exact) mass is 252 g/mol. The zero-order chi connectivity index (χ0) is 13.0. The summed E-state index contributed by atoms with van der Waals surface area (Å²) in [5.41, 5.74) is 0. The van der Waals surface area contributed by atoms with Crippen LogP contribution in [0.4, 0.5) is 10.2 Å². The van der Waals surface area contributed by atoms with Crippen LogP contribution >= 0.6 is 0 Å². The zero-order valence-electron chi connectivity index (χ0n) is 10.4. The molecule has 18 heavy (non-hydrogen) atoms. The molecule has 0 saturated carbocycles. The number of anilines is 1. The van der Waals surface area contributed by atoms with E-state index in [0.717, 1.165) is 32.5 Å². The third kappa shape index (κ3) is 3.38. The van der Waals surface area contributed by atoms with E-state index in [-0.39, 0.29) is 5.91 Å². The molecule has 1 aliphatic rings.